The van der Waals surface area contributed by atoms with E-state index in [4.69, 9.17) is 0 Å². The summed E-state index contributed by atoms with van der Waals surface area (Å²) >= 11 is 0. The van der Waals surface area contributed by atoms with E-state index >= 15 is 0 Å². The highest BCUT2D eigenvalue weighted by Gasteiger charge is 2.30. The van der Waals surface area contributed by atoms with E-state index in [-0.39, 0.29) is 36.1 Å². The first-order valence-electron chi connectivity index (χ1n) is 7.65. The van der Waals surface area contributed by atoms with Gasteiger partial charge in [-0.2, -0.15) is 0 Å². The molecule has 1 aliphatic carbocycles. The molecular weight excluding hydrogens is 319 g/mol. The molecule has 1 aromatic rings. The molecule has 0 aliphatic heterocycles. The van der Waals surface area contributed by atoms with Crippen molar-refractivity contribution in [1.29, 1.82) is 0 Å². The maximum absolute atomic E-state index is 13.9. The first-order valence-corrected chi connectivity index (χ1v) is 9.71. The molecule has 1 aliphatic rings. The Morgan fingerprint density at radius 2 is 2.13 bits per heavy atom. The van der Waals surface area contributed by atoms with Crippen LogP contribution >= 0.6 is 0 Å². The molecule has 0 aromatic heterocycles. The molecule has 0 saturated heterocycles. The van der Waals surface area contributed by atoms with Gasteiger partial charge in [0, 0.05) is 19.8 Å². The normalized spacial score (nSPS) is 20.7. The van der Waals surface area contributed by atoms with Crippen molar-refractivity contribution in [2.45, 2.75) is 25.8 Å². The highest BCUT2D eigenvalue weighted by Crippen LogP contribution is 2.35. The van der Waals surface area contributed by atoms with Crippen LogP contribution in [0.2, 0.25) is 0 Å². The van der Waals surface area contributed by atoms with E-state index in [1.165, 1.54) is 11.0 Å². The summed E-state index contributed by atoms with van der Waals surface area (Å²) in [5, 5.41) is 2.91. The third-order valence-electron chi connectivity index (χ3n) is 4.33. The standard InChI is InChI=1S/C16H23FN2O3S/c1-11-7-8-12-13(5-4-6-14(12)17)15(11)18-16(20)19(2)9-10-23(3,21)22/h4-6,11,15H,7-10H2,1-3H3,(H,18,20)/t11-,15+/m1/s1. The van der Waals surface area contributed by atoms with Crippen LogP contribution in [-0.2, 0) is 16.3 Å². The molecule has 23 heavy (non-hydrogen) atoms. The molecule has 128 valence electrons. The summed E-state index contributed by atoms with van der Waals surface area (Å²) in [6.07, 6.45) is 2.60. The van der Waals surface area contributed by atoms with Crippen molar-refractivity contribution in [2.75, 3.05) is 25.6 Å². The maximum Gasteiger partial charge on any atom is 0.317 e. The predicted octanol–water partition coefficient (Wildman–Crippen LogP) is 2.14. The van der Waals surface area contributed by atoms with Gasteiger partial charge in [-0.25, -0.2) is 17.6 Å². The minimum Gasteiger partial charge on any atom is -0.331 e. The third-order valence-corrected chi connectivity index (χ3v) is 5.26. The lowest BCUT2D eigenvalue weighted by atomic mass is 9.80. The zero-order chi connectivity index (χ0) is 17.2. The molecule has 1 N–H and O–H groups in total. The second-order valence-electron chi connectivity index (χ2n) is 6.30. The van der Waals surface area contributed by atoms with Gasteiger partial charge in [0.1, 0.15) is 15.7 Å². The Bertz CT molecular complexity index is 691. The number of carbonyl (C=O) groups excluding carboxylic acids is 1. The summed E-state index contributed by atoms with van der Waals surface area (Å²) in [6, 6.07) is 4.32. The Balaban J connectivity index is 2.10. The van der Waals surface area contributed by atoms with Crippen molar-refractivity contribution >= 4 is 15.9 Å². The Hall–Kier alpha value is -1.63. The first-order chi connectivity index (χ1) is 10.7. The summed E-state index contributed by atoms with van der Waals surface area (Å²) in [5.74, 6) is -0.127. The number of sulfone groups is 1. The molecule has 1 aromatic carbocycles. The van der Waals surface area contributed by atoms with Gasteiger partial charge >= 0.3 is 6.03 Å². The number of amides is 2. The Morgan fingerprint density at radius 1 is 1.43 bits per heavy atom. The summed E-state index contributed by atoms with van der Waals surface area (Å²) < 4.78 is 36.3. The molecule has 0 bridgehead atoms. The number of urea groups is 1. The van der Waals surface area contributed by atoms with E-state index in [1.807, 2.05) is 13.0 Å². The number of nitrogens with one attached hydrogen (secondary N) is 1. The van der Waals surface area contributed by atoms with Gasteiger partial charge in [-0.05, 0) is 36.0 Å². The molecular formula is C16H23FN2O3S. The zero-order valence-electron chi connectivity index (χ0n) is 13.7. The fourth-order valence-electron chi connectivity index (χ4n) is 2.84. The van der Waals surface area contributed by atoms with Gasteiger partial charge in [-0.15, -0.1) is 0 Å². The fraction of sp³-hybridized carbons (Fsp3) is 0.562. The van der Waals surface area contributed by atoms with Gasteiger partial charge in [-0.1, -0.05) is 19.1 Å². The predicted molar refractivity (Wildman–Crippen MR) is 87.5 cm³/mol. The van der Waals surface area contributed by atoms with Crippen LogP contribution in [0.3, 0.4) is 0 Å². The van der Waals surface area contributed by atoms with Crippen LogP contribution < -0.4 is 5.32 Å². The molecule has 7 heteroatoms. The first kappa shape index (κ1) is 17.7. The summed E-state index contributed by atoms with van der Waals surface area (Å²) in [4.78, 5) is 13.6. The molecule has 2 atom stereocenters. The molecule has 2 amide bonds. The van der Waals surface area contributed by atoms with Crippen molar-refractivity contribution in [3.8, 4) is 0 Å². The van der Waals surface area contributed by atoms with Gasteiger partial charge < -0.3 is 10.2 Å². The number of benzene rings is 1. The smallest absolute Gasteiger partial charge is 0.317 e. The monoisotopic (exact) mass is 342 g/mol. The van der Waals surface area contributed by atoms with Crippen molar-refractivity contribution < 1.29 is 17.6 Å². The molecule has 0 heterocycles. The molecule has 2 rings (SSSR count). The second-order valence-corrected chi connectivity index (χ2v) is 8.56. The number of carbonyl (C=O) groups is 1. The van der Waals surface area contributed by atoms with Gasteiger partial charge in [-0.3, -0.25) is 0 Å². The van der Waals surface area contributed by atoms with Crippen molar-refractivity contribution in [2.24, 2.45) is 5.92 Å². The lowest BCUT2D eigenvalue weighted by molar-refractivity contribution is 0.200. The average molecular weight is 342 g/mol. The molecule has 0 saturated carbocycles. The summed E-state index contributed by atoms with van der Waals surface area (Å²) in [7, 11) is -1.57. The fourth-order valence-corrected chi connectivity index (χ4v) is 3.45. The van der Waals surface area contributed by atoms with Gasteiger partial charge in [0.15, 0.2) is 0 Å². The zero-order valence-corrected chi connectivity index (χ0v) is 14.5. The minimum atomic E-state index is -3.12. The number of hydrogen-bond donors (Lipinski definition) is 1. The lowest BCUT2D eigenvalue weighted by Crippen LogP contribution is -2.44. The molecule has 0 radical (unpaired) electrons. The van der Waals surface area contributed by atoms with E-state index in [9.17, 15) is 17.6 Å². The molecule has 0 spiro atoms. The van der Waals surface area contributed by atoms with Crippen LogP contribution in [0.5, 0.6) is 0 Å². The molecule has 0 unspecified atom stereocenters. The Morgan fingerprint density at radius 3 is 2.78 bits per heavy atom. The number of halogens is 1. The van der Waals surface area contributed by atoms with Crippen molar-refractivity contribution in [1.82, 2.24) is 10.2 Å². The van der Waals surface area contributed by atoms with Crippen LogP contribution in [0, 0.1) is 11.7 Å². The van der Waals surface area contributed by atoms with E-state index in [1.54, 1.807) is 13.1 Å². The van der Waals surface area contributed by atoms with Crippen molar-refractivity contribution in [3.05, 3.63) is 35.1 Å². The van der Waals surface area contributed by atoms with E-state index in [2.05, 4.69) is 5.32 Å². The molecule has 0 fully saturated rings. The lowest BCUT2D eigenvalue weighted by Gasteiger charge is -2.33. The number of hydrogen-bond acceptors (Lipinski definition) is 3. The highest BCUT2D eigenvalue weighted by atomic mass is 32.2. The van der Waals surface area contributed by atoms with Gasteiger partial charge in [0.05, 0.1) is 11.8 Å². The summed E-state index contributed by atoms with van der Waals surface area (Å²) in [6.45, 7) is 2.15. The SMILES string of the molecule is C[C@@H]1CCc2c(F)cccc2[C@H]1NC(=O)N(C)CCS(C)(=O)=O. The summed E-state index contributed by atoms with van der Waals surface area (Å²) in [5.41, 5.74) is 1.48. The number of nitrogens with zero attached hydrogens (tertiary/aromatic N) is 1. The van der Waals surface area contributed by atoms with Crippen LogP contribution in [0.4, 0.5) is 9.18 Å². The largest absolute Gasteiger partial charge is 0.331 e. The van der Waals surface area contributed by atoms with Gasteiger partial charge in [0.2, 0.25) is 0 Å². The van der Waals surface area contributed by atoms with Gasteiger partial charge in [0.25, 0.3) is 0 Å². The third kappa shape index (κ3) is 4.43. The topological polar surface area (TPSA) is 66.5 Å². The Labute approximate surface area is 136 Å². The van der Waals surface area contributed by atoms with Crippen LogP contribution in [0.25, 0.3) is 0 Å². The Kier molecular flexibility index (Phi) is 5.29. The number of fused-ring (bicyclic) bond motifs is 1. The van der Waals surface area contributed by atoms with Crippen LogP contribution in [0.1, 0.15) is 30.5 Å². The van der Waals surface area contributed by atoms with Crippen LogP contribution in [-0.4, -0.2) is 44.9 Å². The second kappa shape index (κ2) is 6.86. The quantitative estimate of drug-likeness (QED) is 0.911. The molecule has 5 nitrogen and oxygen atoms in total. The maximum atomic E-state index is 13.9. The minimum absolute atomic E-state index is 0.0810. The van der Waals surface area contributed by atoms with E-state index in [0.29, 0.717) is 12.0 Å². The van der Waals surface area contributed by atoms with E-state index in [0.717, 1.165) is 18.2 Å². The van der Waals surface area contributed by atoms with Crippen molar-refractivity contribution in [3.63, 3.8) is 0 Å². The van der Waals surface area contributed by atoms with Crippen LogP contribution in [0.15, 0.2) is 18.2 Å². The highest BCUT2D eigenvalue weighted by molar-refractivity contribution is 7.90. The number of rotatable bonds is 4. The average Bonchev–Trinajstić information content (AvgIpc) is 2.47. The van der Waals surface area contributed by atoms with E-state index < -0.39 is 9.84 Å².